The monoisotopic (exact) mass is 355 g/mol. The van der Waals surface area contributed by atoms with Crippen LogP contribution in [-0.4, -0.2) is 14.0 Å². The molecule has 0 spiro atoms. The van der Waals surface area contributed by atoms with Gasteiger partial charge in [-0.1, -0.05) is 12.1 Å². The first-order valence-corrected chi connectivity index (χ1v) is 9.02. The van der Waals surface area contributed by atoms with Crippen molar-refractivity contribution in [3.05, 3.63) is 73.1 Å². The van der Waals surface area contributed by atoms with Gasteiger partial charge in [0.25, 0.3) is 11.4 Å². The minimum atomic E-state index is 0.946. The molecular weight excluding hydrogens is 334 g/mol. The molecule has 132 valence electrons. The van der Waals surface area contributed by atoms with Gasteiger partial charge in [-0.05, 0) is 24.3 Å². The Balaban J connectivity index is 1.75. The average Bonchev–Trinajstić information content (AvgIpc) is 3.20. The van der Waals surface area contributed by atoms with Crippen LogP contribution in [0.15, 0.2) is 73.1 Å². The van der Waals surface area contributed by atoms with Crippen LogP contribution in [0.1, 0.15) is 0 Å². The average molecular weight is 355 g/mol. The molecule has 0 N–H and O–H groups in total. The van der Waals surface area contributed by atoms with Crippen LogP contribution in [0.5, 0.6) is 0 Å². The lowest BCUT2D eigenvalue weighted by molar-refractivity contribution is -0.685. The first-order valence-electron chi connectivity index (χ1n) is 9.02. The molecule has 0 aliphatic rings. The molecule has 0 fully saturated rings. The summed E-state index contributed by atoms with van der Waals surface area (Å²) in [6.45, 7) is 0. The summed E-state index contributed by atoms with van der Waals surface area (Å²) in [5.74, 6) is 0.946. The van der Waals surface area contributed by atoms with Gasteiger partial charge in [0.05, 0.1) is 11.0 Å². The van der Waals surface area contributed by atoms with E-state index in [2.05, 4.69) is 100 Å². The highest BCUT2D eigenvalue weighted by Gasteiger charge is 2.24. The number of imidazole rings is 2. The second kappa shape index (κ2) is 5.77. The zero-order valence-corrected chi connectivity index (χ0v) is 15.7. The van der Waals surface area contributed by atoms with Crippen LogP contribution in [0.2, 0.25) is 0 Å². The fourth-order valence-corrected chi connectivity index (χ4v) is 3.84. The van der Waals surface area contributed by atoms with Crippen molar-refractivity contribution in [2.24, 2.45) is 21.1 Å². The van der Waals surface area contributed by atoms with Gasteiger partial charge in [-0.25, -0.2) is 4.98 Å². The van der Waals surface area contributed by atoms with E-state index in [0.29, 0.717) is 0 Å². The van der Waals surface area contributed by atoms with E-state index in [4.69, 9.17) is 4.98 Å². The van der Waals surface area contributed by atoms with E-state index < -0.39 is 0 Å². The summed E-state index contributed by atoms with van der Waals surface area (Å²) in [6.07, 6.45) is 4.25. The predicted molar refractivity (Wildman–Crippen MR) is 105 cm³/mol. The summed E-state index contributed by atoms with van der Waals surface area (Å²) in [5, 5.41) is 0. The number of hydrogen-bond acceptors (Lipinski definition) is 1. The summed E-state index contributed by atoms with van der Waals surface area (Å²) in [7, 11) is 6.27. The van der Waals surface area contributed by atoms with Crippen molar-refractivity contribution in [2.75, 3.05) is 0 Å². The Morgan fingerprint density at radius 2 is 1.56 bits per heavy atom. The Hall–Kier alpha value is -3.47. The standard InChI is InChI=1S/C22H21N5/c1-24-14-7-6-11-18(24)19-12-8-13-20(25(19)2)21-15-27-17-10-5-4-9-16(17)23-22(27)26(21)3/h4-15H,1-3H3/q+2. The maximum Gasteiger partial charge on any atom is 0.277 e. The minimum Gasteiger partial charge on any atom is -0.308 e. The summed E-state index contributed by atoms with van der Waals surface area (Å²) in [4.78, 5) is 4.80. The maximum atomic E-state index is 4.80. The molecule has 5 heteroatoms. The SMILES string of the molecule is Cn1c(-c2cccc(-c3cccc[n+]3C)[n+]2C)cn2c3ccccc3nc12. The van der Waals surface area contributed by atoms with Crippen molar-refractivity contribution in [3.8, 4) is 22.8 Å². The number of fused-ring (bicyclic) bond motifs is 3. The third-order valence-corrected chi connectivity index (χ3v) is 5.30. The lowest BCUT2D eigenvalue weighted by Crippen LogP contribution is -2.40. The molecule has 1 aromatic carbocycles. The van der Waals surface area contributed by atoms with Crippen LogP contribution in [0.25, 0.3) is 39.6 Å². The van der Waals surface area contributed by atoms with Crippen molar-refractivity contribution >= 4 is 16.8 Å². The van der Waals surface area contributed by atoms with Crippen molar-refractivity contribution in [2.45, 2.75) is 0 Å². The van der Waals surface area contributed by atoms with Gasteiger partial charge in [-0.3, -0.25) is 4.40 Å². The lowest BCUT2D eigenvalue weighted by atomic mass is 10.2. The highest BCUT2D eigenvalue weighted by molar-refractivity contribution is 5.81. The van der Waals surface area contributed by atoms with Crippen molar-refractivity contribution in [1.82, 2.24) is 14.0 Å². The fraction of sp³-hybridized carbons (Fsp3) is 0.136. The van der Waals surface area contributed by atoms with Crippen LogP contribution in [0, 0.1) is 0 Å². The quantitative estimate of drug-likeness (QED) is 0.448. The van der Waals surface area contributed by atoms with E-state index >= 15 is 0 Å². The van der Waals surface area contributed by atoms with Crippen LogP contribution in [0.4, 0.5) is 0 Å². The molecule has 0 atom stereocenters. The molecule has 5 nitrogen and oxygen atoms in total. The van der Waals surface area contributed by atoms with Crippen LogP contribution in [-0.2, 0) is 21.1 Å². The summed E-state index contributed by atoms with van der Waals surface area (Å²) >= 11 is 0. The van der Waals surface area contributed by atoms with Gasteiger partial charge in [-0.2, -0.15) is 9.13 Å². The van der Waals surface area contributed by atoms with E-state index in [-0.39, 0.29) is 0 Å². The minimum absolute atomic E-state index is 0.946. The van der Waals surface area contributed by atoms with Gasteiger partial charge in [-0.15, -0.1) is 0 Å². The Morgan fingerprint density at radius 1 is 0.815 bits per heavy atom. The Bertz CT molecular complexity index is 1310. The van der Waals surface area contributed by atoms with Gasteiger partial charge < -0.3 is 4.57 Å². The normalized spacial score (nSPS) is 11.5. The highest BCUT2D eigenvalue weighted by Crippen LogP contribution is 2.24. The predicted octanol–water partition coefficient (Wildman–Crippen LogP) is 2.81. The molecule has 0 saturated carbocycles. The number of rotatable bonds is 2. The van der Waals surface area contributed by atoms with E-state index in [1.54, 1.807) is 0 Å². The number of benzene rings is 1. The lowest BCUT2D eigenvalue weighted by Gasteiger charge is -2.05. The van der Waals surface area contributed by atoms with Gasteiger partial charge >= 0.3 is 0 Å². The molecule has 0 saturated heterocycles. The van der Waals surface area contributed by atoms with Gasteiger partial charge in [0.1, 0.15) is 19.8 Å². The highest BCUT2D eigenvalue weighted by atomic mass is 15.2. The number of aryl methyl sites for hydroxylation is 2. The first-order chi connectivity index (χ1) is 13.1. The third-order valence-electron chi connectivity index (χ3n) is 5.30. The molecule has 5 aromatic rings. The molecule has 27 heavy (non-hydrogen) atoms. The second-order valence-corrected chi connectivity index (χ2v) is 6.90. The second-order valence-electron chi connectivity index (χ2n) is 6.90. The van der Waals surface area contributed by atoms with Gasteiger partial charge in [0.15, 0.2) is 6.20 Å². The van der Waals surface area contributed by atoms with Crippen molar-refractivity contribution < 1.29 is 9.13 Å². The third kappa shape index (κ3) is 2.28. The molecule has 5 rings (SSSR count). The molecule has 0 radical (unpaired) electrons. The Morgan fingerprint density at radius 3 is 2.41 bits per heavy atom. The summed E-state index contributed by atoms with van der Waals surface area (Å²) < 4.78 is 8.71. The van der Waals surface area contributed by atoms with Crippen molar-refractivity contribution in [1.29, 1.82) is 0 Å². The smallest absolute Gasteiger partial charge is 0.277 e. The topological polar surface area (TPSA) is 30.0 Å². The largest absolute Gasteiger partial charge is 0.308 e. The maximum absolute atomic E-state index is 4.80. The molecular formula is C22H21N5+2. The molecule has 0 unspecified atom stereocenters. The summed E-state index contributed by atoms with van der Waals surface area (Å²) in [6, 6.07) is 20.9. The van der Waals surface area contributed by atoms with E-state index in [0.717, 1.165) is 28.2 Å². The van der Waals surface area contributed by atoms with Gasteiger partial charge in [0, 0.05) is 37.5 Å². The fourth-order valence-electron chi connectivity index (χ4n) is 3.84. The van der Waals surface area contributed by atoms with E-state index in [1.807, 2.05) is 12.1 Å². The molecule has 0 aliphatic carbocycles. The van der Waals surface area contributed by atoms with E-state index in [1.165, 1.54) is 11.4 Å². The van der Waals surface area contributed by atoms with Crippen LogP contribution >= 0.6 is 0 Å². The molecule has 4 aromatic heterocycles. The van der Waals surface area contributed by atoms with Crippen LogP contribution in [0.3, 0.4) is 0 Å². The molecule has 0 aliphatic heterocycles. The number of para-hydroxylation sites is 2. The van der Waals surface area contributed by atoms with Crippen molar-refractivity contribution in [3.63, 3.8) is 0 Å². The Kier molecular flexibility index (Phi) is 3.37. The summed E-state index contributed by atoms with van der Waals surface area (Å²) in [5.41, 5.74) is 6.76. The zero-order chi connectivity index (χ0) is 18.5. The number of pyridine rings is 2. The van der Waals surface area contributed by atoms with E-state index in [9.17, 15) is 0 Å². The number of aromatic nitrogens is 5. The van der Waals surface area contributed by atoms with Gasteiger partial charge in [0.2, 0.25) is 11.5 Å². The molecule has 0 amide bonds. The number of nitrogens with zero attached hydrogens (tertiary/aromatic N) is 5. The first kappa shape index (κ1) is 15.8. The molecule has 0 bridgehead atoms. The number of hydrogen-bond donors (Lipinski definition) is 0. The molecule has 4 heterocycles. The van der Waals surface area contributed by atoms with Crippen LogP contribution < -0.4 is 9.13 Å². The Labute approximate surface area is 157 Å². The zero-order valence-electron chi connectivity index (χ0n) is 15.7.